The molecule has 0 atom stereocenters. The highest BCUT2D eigenvalue weighted by molar-refractivity contribution is 7.16. The molecule has 8 nitrogen and oxygen atoms in total. The van der Waals surface area contributed by atoms with Crippen molar-refractivity contribution in [1.29, 1.82) is 0 Å². The van der Waals surface area contributed by atoms with E-state index in [0.717, 1.165) is 58.1 Å². The summed E-state index contributed by atoms with van der Waals surface area (Å²) in [6.07, 6.45) is 4.53. The molecule has 0 fully saturated rings. The van der Waals surface area contributed by atoms with E-state index in [1.807, 2.05) is 19.2 Å². The number of aromatic nitrogens is 6. The number of aryl methyl sites for hydroxylation is 3. The third-order valence-electron chi connectivity index (χ3n) is 4.84. The Balaban J connectivity index is 1.45. The largest absolute Gasteiger partial charge is 0.351 e. The van der Waals surface area contributed by atoms with E-state index >= 15 is 0 Å². The smallest absolute Gasteiger partial charge is 0.229 e. The highest BCUT2D eigenvalue weighted by Gasteiger charge is 2.26. The quantitative estimate of drug-likeness (QED) is 0.511. The van der Waals surface area contributed by atoms with Crippen molar-refractivity contribution in [2.75, 3.05) is 16.8 Å². The maximum Gasteiger partial charge on any atom is 0.229 e. The molecule has 1 aliphatic heterocycles. The Morgan fingerprint density at radius 1 is 1.17 bits per heavy atom. The lowest BCUT2D eigenvalue weighted by Crippen LogP contribution is -2.24. The summed E-state index contributed by atoms with van der Waals surface area (Å²) >= 11 is 3.41. The van der Waals surface area contributed by atoms with Crippen LogP contribution in [0.25, 0.3) is 11.3 Å². The van der Waals surface area contributed by atoms with Crippen LogP contribution in [-0.2, 0) is 13.0 Å². The van der Waals surface area contributed by atoms with Gasteiger partial charge in [0.05, 0.1) is 34.7 Å². The van der Waals surface area contributed by atoms with Crippen LogP contribution in [0.4, 0.5) is 16.9 Å². The molecular weight excluding hydrogens is 404 g/mol. The van der Waals surface area contributed by atoms with Gasteiger partial charge in [-0.2, -0.15) is 5.10 Å². The molecule has 0 spiro atoms. The zero-order valence-corrected chi connectivity index (χ0v) is 18.0. The molecule has 29 heavy (non-hydrogen) atoms. The van der Waals surface area contributed by atoms with Gasteiger partial charge in [0.2, 0.25) is 5.95 Å². The second-order valence-electron chi connectivity index (χ2n) is 6.98. The Labute approximate surface area is 176 Å². The van der Waals surface area contributed by atoms with Crippen LogP contribution in [0.5, 0.6) is 0 Å². The zero-order valence-electron chi connectivity index (χ0n) is 16.4. The minimum absolute atomic E-state index is 0.569. The minimum atomic E-state index is 0.569. The van der Waals surface area contributed by atoms with E-state index < -0.39 is 0 Å². The van der Waals surface area contributed by atoms with Crippen molar-refractivity contribution in [3.8, 4) is 11.3 Å². The molecule has 0 bridgehead atoms. The average Bonchev–Trinajstić information content (AvgIpc) is 3.36. The van der Waals surface area contributed by atoms with E-state index in [1.165, 1.54) is 9.75 Å². The van der Waals surface area contributed by atoms with E-state index in [0.29, 0.717) is 5.95 Å². The molecule has 0 aliphatic carbocycles. The lowest BCUT2D eigenvalue weighted by atomic mass is 10.2. The first-order valence-electron chi connectivity index (χ1n) is 9.35. The van der Waals surface area contributed by atoms with Gasteiger partial charge in [-0.25, -0.2) is 19.9 Å². The molecule has 0 aromatic carbocycles. The average molecular weight is 425 g/mol. The highest BCUT2D eigenvalue weighted by Crippen LogP contribution is 2.40. The second-order valence-corrected chi connectivity index (χ2v) is 9.35. The van der Waals surface area contributed by atoms with Crippen molar-refractivity contribution in [1.82, 2.24) is 30.1 Å². The lowest BCUT2D eigenvalue weighted by Gasteiger charge is -2.21. The van der Waals surface area contributed by atoms with Gasteiger partial charge in [-0.15, -0.1) is 22.7 Å². The summed E-state index contributed by atoms with van der Waals surface area (Å²) in [4.78, 5) is 23.0. The van der Waals surface area contributed by atoms with Crippen LogP contribution >= 0.6 is 22.7 Å². The van der Waals surface area contributed by atoms with Crippen LogP contribution in [0.15, 0.2) is 18.5 Å². The van der Waals surface area contributed by atoms with Crippen molar-refractivity contribution >= 4 is 39.6 Å². The fourth-order valence-electron chi connectivity index (χ4n) is 3.48. The van der Waals surface area contributed by atoms with Crippen molar-refractivity contribution in [3.63, 3.8) is 0 Å². The predicted molar refractivity (Wildman–Crippen MR) is 116 cm³/mol. The van der Waals surface area contributed by atoms with E-state index in [2.05, 4.69) is 49.2 Å². The van der Waals surface area contributed by atoms with Crippen LogP contribution in [0.1, 0.15) is 26.1 Å². The number of nitrogens with zero attached hydrogens (tertiary/aromatic N) is 6. The topological polar surface area (TPSA) is 95.5 Å². The highest BCUT2D eigenvalue weighted by atomic mass is 32.1. The Morgan fingerprint density at radius 2 is 2.07 bits per heavy atom. The van der Waals surface area contributed by atoms with Crippen molar-refractivity contribution in [3.05, 3.63) is 44.6 Å². The SMILES string of the molecule is Cc1ccnc(Nc2nc3c(s2)CCN(Cc2sc(C)nc2C)c2[nH]ncc2-3)n1. The molecule has 0 unspecified atom stereocenters. The first-order valence-corrected chi connectivity index (χ1v) is 11.0. The number of H-pyrrole nitrogens is 1. The van der Waals surface area contributed by atoms with E-state index in [4.69, 9.17) is 4.98 Å². The first-order chi connectivity index (χ1) is 14.1. The Morgan fingerprint density at radius 3 is 2.86 bits per heavy atom. The van der Waals surface area contributed by atoms with Crippen molar-refractivity contribution < 1.29 is 0 Å². The summed E-state index contributed by atoms with van der Waals surface area (Å²) in [6, 6.07) is 1.88. The number of rotatable bonds is 4. The molecule has 0 saturated heterocycles. The maximum atomic E-state index is 4.84. The normalized spacial score (nSPS) is 13.1. The van der Waals surface area contributed by atoms with Gasteiger partial charge < -0.3 is 10.2 Å². The van der Waals surface area contributed by atoms with Gasteiger partial charge in [0.1, 0.15) is 5.82 Å². The van der Waals surface area contributed by atoms with Crippen LogP contribution in [0, 0.1) is 20.8 Å². The number of thiazole rings is 2. The van der Waals surface area contributed by atoms with Crippen molar-refractivity contribution in [2.45, 2.75) is 33.7 Å². The summed E-state index contributed by atoms with van der Waals surface area (Å²) in [5, 5.41) is 12.6. The molecule has 5 rings (SSSR count). The number of nitrogens with one attached hydrogen (secondary N) is 2. The molecule has 4 aromatic heterocycles. The molecule has 0 saturated carbocycles. The van der Waals surface area contributed by atoms with Crippen LogP contribution in [0.3, 0.4) is 0 Å². The molecule has 0 radical (unpaired) electrons. The maximum absolute atomic E-state index is 4.84. The number of fused-ring (bicyclic) bond motifs is 3. The number of anilines is 3. The fourth-order valence-corrected chi connectivity index (χ4v) is 5.39. The molecule has 0 amide bonds. The molecule has 4 aromatic rings. The second kappa shape index (κ2) is 7.20. The fraction of sp³-hybridized carbons (Fsp3) is 0.316. The monoisotopic (exact) mass is 424 g/mol. The predicted octanol–water partition coefficient (Wildman–Crippen LogP) is 4.01. The Bertz CT molecular complexity index is 1170. The Kier molecular flexibility index (Phi) is 4.51. The van der Waals surface area contributed by atoms with Gasteiger partial charge in [-0.1, -0.05) is 0 Å². The van der Waals surface area contributed by atoms with Crippen LogP contribution in [0.2, 0.25) is 0 Å². The van der Waals surface area contributed by atoms with Crippen molar-refractivity contribution in [2.24, 2.45) is 0 Å². The van der Waals surface area contributed by atoms with Crippen LogP contribution < -0.4 is 10.2 Å². The summed E-state index contributed by atoms with van der Waals surface area (Å²) in [5.74, 6) is 1.58. The van der Waals surface area contributed by atoms with Gasteiger partial charge in [0.15, 0.2) is 5.13 Å². The molecule has 5 heterocycles. The lowest BCUT2D eigenvalue weighted by molar-refractivity contribution is 0.779. The van der Waals surface area contributed by atoms with Gasteiger partial charge >= 0.3 is 0 Å². The van der Waals surface area contributed by atoms with Gasteiger partial charge in [0, 0.05) is 34.6 Å². The summed E-state index contributed by atoms with van der Waals surface area (Å²) in [6.45, 7) is 7.79. The Hall–Kier alpha value is -2.85. The van der Waals surface area contributed by atoms with E-state index in [9.17, 15) is 0 Å². The van der Waals surface area contributed by atoms with Gasteiger partial charge in [-0.3, -0.25) is 5.10 Å². The third-order valence-corrected chi connectivity index (χ3v) is 6.93. The van der Waals surface area contributed by atoms with Gasteiger partial charge in [-0.05, 0) is 26.8 Å². The molecule has 2 N–H and O–H groups in total. The minimum Gasteiger partial charge on any atom is -0.351 e. The van der Waals surface area contributed by atoms with Crippen LogP contribution in [-0.4, -0.2) is 36.7 Å². The van der Waals surface area contributed by atoms with Gasteiger partial charge in [0.25, 0.3) is 0 Å². The number of aromatic amines is 1. The molecule has 148 valence electrons. The molecule has 1 aliphatic rings. The summed E-state index contributed by atoms with van der Waals surface area (Å²) in [7, 11) is 0. The van der Waals surface area contributed by atoms with E-state index in [1.54, 1.807) is 28.9 Å². The zero-order chi connectivity index (χ0) is 20.0. The first kappa shape index (κ1) is 18.2. The van der Waals surface area contributed by atoms with E-state index in [-0.39, 0.29) is 0 Å². The molecule has 10 heteroatoms. The summed E-state index contributed by atoms with van der Waals surface area (Å²) in [5.41, 5.74) is 4.04. The number of hydrogen-bond acceptors (Lipinski definition) is 9. The molecular formula is C19H20N8S2. The number of hydrogen-bond donors (Lipinski definition) is 2. The standard InChI is InChI=1S/C19H20N8S2/c1-10-4-6-20-18(22-10)25-19-24-16-13-8-21-26-17(13)27(7-5-14(16)29-19)9-15-11(2)23-12(3)28-15/h4,6,8H,5,7,9H2,1-3H3,(H,21,26)(H,20,22,24,25). The third kappa shape index (κ3) is 3.49. The summed E-state index contributed by atoms with van der Waals surface area (Å²) < 4.78 is 0.